The van der Waals surface area contributed by atoms with Crippen molar-refractivity contribution in [3.8, 4) is 0 Å². The Kier molecular flexibility index (Phi) is 3.88. The van der Waals surface area contributed by atoms with Gasteiger partial charge < -0.3 is 10.1 Å². The largest absolute Gasteiger partial charge is 0.463 e. The van der Waals surface area contributed by atoms with E-state index in [1.807, 2.05) is 13.8 Å². The number of nitrogens with zero attached hydrogens (tertiary/aromatic N) is 5. The van der Waals surface area contributed by atoms with Gasteiger partial charge in [0, 0.05) is 6.54 Å². The van der Waals surface area contributed by atoms with E-state index in [1.54, 1.807) is 19.1 Å². The minimum Gasteiger partial charge on any atom is -0.463 e. The van der Waals surface area contributed by atoms with Crippen molar-refractivity contribution in [3.05, 3.63) is 12.1 Å². The summed E-state index contributed by atoms with van der Waals surface area (Å²) in [5, 5.41) is 18.1. The van der Waals surface area contributed by atoms with E-state index in [2.05, 4.69) is 25.9 Å². The Bertz CT molecular complexity index is 567. The molecule has 0 aromatic carbocycles. The number of carbonyl (C=O) groups is 1. The third-order valence-electron chi connectivity index (χ3n) is 2.41. The second kappa shape index (κ2) is 5.59. The zero-order valence-corrected chi connectivity index (χ0v) is 11.1. The van der Waals surface area contributed by atoms with Gasteiger partial charge in [-0.25, -0.2) is 0 Å². The van der Waals surface area contributed by atoms with Gasteiger partial charge in [0.15, 0.2) is 5.65 Å². The fourth-order valence-electron chi connectivity index (χ4n) is 1.43. The van der Waals surface area contributed by atoms with Gasteiger partial charge in [0.05, 0.1) is 12.0 Å². The van der Waals surface area contributed by atoms with Gasteiger partial charge in [-0.1, -0.05) is 6.92 Å². The van der Waals surface area contributed by atoms with Crippen LogP contribution in [0.15, 0.2) is 12.1 Å². The summed E-state index contributed by atoms with van der Waals surface area (Å²) in [6.45, 7) is 5.88. The first-order valence-electron chi connectivity index (χ1n) is 6.06. The zero-order valence-electron chi connectivity index (χ0n) is 11.1. The number of ether oxygens (including phenoxy) is 1. The Labute approximate surface area is 110 Å². The molecule has 19 heavy (non-hydrogen) atoms. The molecule has 8 nitrogen and oxygen atoms in total. The van der Waals surface area contributed by atoms with E-state index in [0.29, 0.717) is 18.0 Å². The highest BCUT2D eigenvalue weighted by molar-refractivity contribution is 5.72. The van der Waals surface area contributed by atoms with E-state index in [9.17, 15) is 4.79 Å². The molecule has 2 rings (SSSR count). The molecule has 0 saturated carbocycles. The molecule has 0 aliphatic rings. The third kappa shape index (κ3) is 3.36. The SMILES string of the molecule is CC(C)OC(=O)C(C)CNc1ccc2nnnn2n1. The van der Waals surface area contributed by atoms with Crippen molar-refractivity contribution in [3.63, 3.8) is 0 Å². The topological polar surface area (TPSA) is 94.3 Å². The van der Waals surface area contributed by atoms with E-state index < -0.39 is 0 Å². The van der Waals surface area contributed by atoms with Crippen LogP contribution in [-0.2, 0) is 9.53 Å². The van der Waals surface area contributed by atoms with Gasteiger partial charge in [0.1, 0.15) is 5.82 Å². The molecule has 1 N–H and O–H groups in total. The Morgan fingerprint density at radius 1 is 1.42 bits per heavy atom. The lowest BCUT2D eigenvalue weighted by Gasteiger charge is -2.14. The van der Waals surface area contributed by atoms with Crippen LogP contribution in [0.25, 0.3) is 5.65 Å². The molecule has 1 unspecified atom stereocenters. The maximum atomic E-state index is 11.6. The summed E-state index contributed by atoms with van der Waals surface area (Å²) < 4.78 is 6.44. The summed E-state index contributed by atoms with van der Waals surface area (Å²) in [5.74, 6) is 0.115. The molecule has 0 spiro atoms. The third-order valence-corrected chi connectivity index (χ3v) is 2.41. The number of nitrogens with one attached hydrogen (secondary N) is 1. The minimum atomic E-state index is -0.256. The first kappa shape index (κ1) is 13.2. The highest BCUT2D eigenvalue weighted by atomic mass is 16.5. The van der Waals surface area contributed by atoms with Crippen LogP contribution in [0.5, 0.6) is 0 Å². The van der Waals surface area contributed by atoms with E-state index >= 15 is 0 Å². The Morgan fingerprint density at radius 2 is 2.21 bits per heavy atom. The number of fused-ring (bicyclic) bond motifs is 1. The number of aromatic nitrogens is 5. The Hall–Kier alpha value is -2.25. The molecule has 102 valence electrons. The van der Waals surface area contributed by atoms with Gasteiger partial charge >= 0.3 is 5.97 Å². The number of esters is 1. The predicted octanol–water partition coefficient (Wildman–Crippen LogP) is 0.519. The zero-order chi connectivity index (χ0) is 13.8. The van der Waals surface area contributed by atoms with Crippen molar-refractivity contribution < 1.29 is 9.53 Å². The van der Waals surface area contributed by atoms with Crippen molar-refractivity contribution in [2.24, 2.45) is 5.92 Å². The normalized spacial score (nSPS) is 12.6. The number of hydrogen-bond donors (Lipinski definition) is 1. The average molecular weight is 264 g/mol. The summed E-state index contributed by atoms with van der Waals surface area (Å²) in [6.07, 6.45) is -0.106. The number of carbonyl (C=O) groups excluding carboxylic acids is 1. The summed E-state index contributed by atoms with van der Waals surface area (Å²) in [5.41, 5.74) is 0.567. The Balaban J connectivity index is 1.92. The summed E-state index contributed by atoms with van der Waals surface area (Å²) in [6, 6.07) is 3.50. The van der Waals surface area contributed by atoms with Gasteiger partial charge in [0.25, 0.3) is 0 Å². The van der Waals surface area contributed by atoms with E-state index in [1.165, 1.54) is 4.63 Å². The van der Waals surface area contributed by atoms with Gasteiger partial charge in [-0.2, -0.15) is 0 Å². The van der Waals surface area contributed by atoms with Crippen LogP contribution in [0.4, 0.5) is 5.82 Å². The quantitative estimate of drug-likeness (QED) is 0.786. The monoisotopic (exact) mass is 264 g/mol. The number of rotatable bonds is 5. The molecule has 0 aliphatic heterocycles. The van der Waals surface area contributed by atoms with E-state index in [0.717, 1.165) is 0 Å². The van der Waals surface area contributed by atoms with Crippen molar-refractivity contribution >= 4 is 17.4 Å². The average Bonchev–Trinajstić information content (AvgIpc) is 2.82. The number of hydrogen-bond acceptors (Lipinski definition) is 7. The molecule has 1 atom stereocenters. The molecule has 0 amide bonds. The fourth-order valence-corrected chi connectivity index (χ4v) is 1.43. The van der Waals surface area contributed by atoms with Crippen LogP contribution >= 0.6 is 0 Å². The van der Waals surface area contributed by atoms with Gasteiger partial charge in [-0.05, 0) is 36.4 Å². The molecule has 0 bridgehead atoms. The molecular formula is C11H16N6O2. The van der Waals surface area contributed by atoms with Crippen LogP contribution in [0.3, 0.4) is 0 Å². The first-order chi connectivity index (χ1) is 9.06. The molecule has 2 heterocycles. The maximum Gasteiger partial charge on any atom is 0.310 e. The van der Waals surface area contributed by atoms with Gasteiger partial charge in [0.2, 0.25) is 0 Å². The summed E-state index contributed by atoms with van der Waals surface area (Å²) in [4.78, 5) is 11.6. The van der Waals surface area contributed by atoms with Crippen LogP contribution in [-0.4, -0.2) is 43.9 Å². The van der Waals surface area contributed by atoms with Crippen LogP contribution in [0.1, 0.15) is 20.8 Å². The molecule has 2 aromatic rings. The smallest absolute Gasteiger partial charge is 0.310 e. The van der Waals surface area contributed by atoms with Crippen LogP contribution in [0.2, 0.25) is 0 Å². The second-order valence-corrected chi connectivity index (χ2v) is 4.51. The standard InChI is InChI=1S/C11H16N6O2/c1-7(2)19-11(18)8(3)6-12-9-4-5-10-13-15-16-17(10)14-9/h4-5,7-8H,6H2,1-3H3,(H,12,14). The predicted molar refractivity (Wildman–Crippen MR) is 67.5 cm³/mol. The molecule has 0 saturated heterocycles. The highest BCUT2D eigenvalue weighted by Crippen LogP contribution is 2.06. The van der Waals surface area contributed by atoms with Gasteiger partial charge in [-0.3, -0.25) is 4.79 Å². The number of anilines is 1. The van der Waals surface area contributed by atoms with Crippen molar-refractivity contribution in [2.75, 3.05) is 11.9 Å². The maximum absolute atomic E-state index is 11.6. The molecule has 8 heteroatoms. The molecular weight excluding hydrogens is 248 g/mol. The summed E-state index contributed by atoms with van der Waals surface area (Å²) in [7, 11) is 0. The molecule has 2 aromatic heterocycles. The van der Waals surface area contributed by atoms with Crippen molar-refractivity contribution in [1.82, 2.24) is 25.3 Å². The van der Waals surface area contributed by atoms with Crippen LogP contribution < -0.4 is 5.32 Å². The lowest BCUT2D eigenvalue weighted by molar-refractivity contribution is -0.151. The molecule has 0 radical (unpaired) electrons. The minimum absolute atomic E-state index is 0.106. The van der Waals surface area contributed by atoms with Crippen molar-refractivity contribution in [1.29, 1.82) is 0 Å². The Morgan fingerprint density at radius 3 is 2.95 bits per heavy atom. The fraction of sp³-hybridized carbons (Fsp3) is 0.545. The van der Waals surface area contributed by atoms with Crippen LogP contribution in [0, 0.1) is 5.92 Å². The lowest BCUT2D eigenvalue weighted by atomic mass is 10.2. The van der Waals surface area contributed by atoms with E-state index in [4.69, 9.17) is 4.74 Å². The first-order valence-corrected chi connectivity index (χ1v) is 6.06. The lowest BCUT2D eigenvalue weighted by Crippen LogP contribution is -2.25. The van der Waals surface area contributed by atoms with Gasteiger partial charge in [-0.15, -0.1) is 14.8 Å². The van der Waals surface area contributed by atoms with E-state index in [-0.39, 0.29) is 18.0 Å². The molecule has 0 aliphatic carbocycles. The van der Waals surface area contributed by atoms with Crippen molar-refractivity contribution in [2.45, 2.75) is 26.9 Å². The number of tetrazole rings is 1. The molecule has 0 fully saturated rings. The summed E-state index contributed by atoms with van der Waals surface area (Å²) >= 11 is 0. The highest BCUT2D eigenvalue weighted by Gasteiger charge is 2.15. The second-order valence-electron chi connectivity index (χ2n) is 4.51.